The van der Waals surface area contributed by atoms with Crippen LogP contribution in [0.2, 0.25) is 0 Å². The molecule has 0 radical (unpaired) electrons. The minimum Gasteiger partial charge on any atom is -0.488 e. The molecule has 3 unspecified atom stereocenters. The van der Waals surface area contributed by atoms with Crippen molar-refractivity contribution in [2.24, 2.45) is 5.73 Å². The van der Waals surface area contributed by atoms with Crippen LogP contribution < -0.4 is 10.5 Å². The van der Waals surface area contributed by atoms with Crippen molar-refractivity contribution in [3.8, 4) is 5.75 Å². The predicted molar refractivity (Wildman–Crippen MR) is 75.4 cm³/mol. The summed E-state index contributed by atoms with van der Waals surface area (Å²) in [6, 6.07) is 8.38. The van der Waals surface area contributed by atoms with Crippen molar-refractivity contribution in [1.82, 2.24) is 0 Å². The lowest BCUT2D eigenvalue weighted by molar-refractivity contribution is 0.0995. The van der Waals surface area contributed by atoms with E-state index in [1.807, 2.05) is 12.1 Å². The number of para-hydroxylation sites is 1. The van der Waals surface area contributed by atoms with Crippen LogP contribution >= 0.6 is 0 Å². The molecule has 2 aliphatic rings. The fourth-order valence-corrected chi connectivity index (χ4v) is 3.09. The minimum absolute atomic E-state index is 0.133. The summed E-state index contributed by atoms with van der Waals surface area (Å²) in [6.07, 6.45) is 7.35. The van der Waals surface area contributed by atoms with E-state index in [0.717, 1.165) is 38.0 Å². The third-order valence-electron chi connectivity index (χ3n) is 4.24. The average molecular weight is 261 g/mol. The Balaban J connectivity index is 1.43. The van der Waals surface area contributed by atoms with Crippen LogP contribution in [-0.4, -0.2) is 24.9 Å². The summed E-state index contributed by atoms with van der Waals surface area (Å²) < 4.78 is 11.6. The van der Waals surface area contributed by atoms with Gasteiger partial charge in [0.15, 0.2) is 0 Å². The van der Waals surface area contributed by atoms with Gasteiger partial charge in [0, 0.05) is 19.1 Å². The maximum Gasteiger partial charge on any atom is 0.123 e. The monoisotopic (exact) mass is 261 g/mol. The molecule has 2 heterocycles. The van der Waals surface area contributed by atoms with Crippen molar-refractivity contribution >= 4 is 0 Å². The van der Waals surface area contributed by atoms with Crippen LogP contribution in [0, 0.1) is 0 Å². The fourth-order valence-electron chi connectivity index (χ4n) is 3.09. The Kier molecular flexibility index (Phi) is 4.04. The van der Waals surface area contributed by atoms with Crippen molar-refractivity contribution in [3.63, 3.8) is 0 Å². The zero-order chi connectivity index (χ0) is 13.1. The molecule has 1 aromatic carbocycles. The Morgan fingerprint density at radius 3 is 3.00 bits per heavy atom. The van der Waals surface area contributed by atoms with Crippen LogP contribution in [0.25, 0.3) is 0 Å². The normalized spacial score (nSPS) is 27.0. The van der Waals surface area contributed by atoms with E-state index < -0.39 is 0 Å². The van der Waals surface area contributed by atoms with E-state index in [2.05, 4.69) is 12.1 Å². The predicted octanol–water partition coefficient (Wildman–Crippen LogP) is 2.67. The van der Waals surface area contributed by atoms with Crippen LogP contribution in [-0.2, 0) is 11.2 Å². The highest BCUT2D eigenvalue weighted by Crippen LogP contribution is 2.30. The van der Waals surface area contributed by atoms with Gasteiger partial charge in [0.05, 0.1) is 6.10 Å². The van der Waals surface area contributed by atoms with Gasteiger partial charge in [0.2, 0.25) is 0 Å². The molecular formula is C16H23NO2. The fraction of sp³-hybridized carbons (Fsp3) is 0.625. The van der Waals surface area contributed by atoms with E-state index in [1.54, 1.807) is 0 Å². The number of benzene rings is 1. The van der Waals surface area contributed by atoms with Gasteiger partial charge in [-0.1, -0.05) is 18.2 Å². The molecule has 0 amide bonds. The second kappa shape index (κ2) is 5.93. The van der Waals surface area contributed by atoms with Gasteiger partial charge in [-0.3, -0.25) is 0 Å². The highest BCUT2D eigenvalue weighted by atomic mass is 16.5. The molecular weight excluding hydrogens is 238 g/mol. The summed E-state index contributed by atoms with van der Waals surface area (Å²) in [5, 5.41) is 0. The van der Waals surface area contributed by atoms with E-state index in [0.29, 0.717) is 6.10 Å². The first kappa shape index (κ1) is 12.9. The molecule has 0 aromatic heterocycles. The first-order valence-corrected chi connectivity index (χ1v) is 7.44. The van der Waals surface area contributed by atoms with Crippen molar-refractivity contribution in [3.05, 3.63) is 29.8 Å². The first-order chi connectivity index (χ1) is 9.33. The lowest BCUT2D eigenvalue weighted by Crippen LogP contribution is -2.37. The summed E-state index contributed by atoms with van der Waals surface area (Å²) in [4.78, 5) is 0. The van der Waals surface area contributed by atoms with Gasteiger partial charge in [-0.05, 0) is 43.7 Å². The largest absolute Gasteiger partial charge is 0.488 e. The maximum atomic E-state index is 6.28. The highest BCUT2D eigenvalue weighted by molar-refractivity contribution is 5.37. The van der Waals surface area contributed by atoms with Crippen molar-refractivity contribution in [2.45, 2.75) is 56.8 Å². The molecule has 0 aliphatic carbocycles. The molecule has 1 fully saturated rings. The third-order valence-corrected chi connectivity index (χ3v) is 4.24. The standard InChI is InChI=1S/C16H23NO2/c17-14(8-3-6-13-7-4-10-18-13)16-11-12-5-1-2-9-15(12)19-16/h1-2,5,9,13-14,16H,3-4,6-8,10-11,17H2. The molecule has 3 rings (SSSR count). The van der Waals surface area contributed by atoms with Crippen LogP contribution in [0.1, 0.15) is 37.7 Å². The molecule has 3 nitrogen and oxygen atoms in total. The van der Waals surface area contributed by atoms with Crippen LogP contribution in [0.4, 0.5) is 0 Å². The van der Waals surface area contributed by atoms with Gasteiger partial charge in [-0.2, -0.15) is 0 Å². The number of hydrogen-bond donors (Lipinski definition) is 1. The summed E-state index contributed by atoms with van der Waals surface area (Å²) >= 11 is 0. The Morgan fingerprint density at radius 1 is 1.32 bits per heavy atom. The maximum absolute atomic E-state index is 6.28. The zero-order valence-corrected chi connectivity index (χ0v) is 11.4. The van der Waals surface area contributed by atoms with Gasteiger partial charge in [0.25, 0.3) is 0 Å². The summed E-state index contributed by atoms with van der Waals surface area (Å²) in [5.41, 5.74) is 7.57. The molecule has 0 bridgehead atoms. The second-order valence-electron chi connectivity index (χ2n) is 5.70. The van der Waals surface area contributed by atoms with Crippen molar-refractivity contribution in [1.29, 1.82) is 0 Å². The first-order valence-electron chi connectivity index (χ1n) is 7.44. The topological polar surface area (TPSA) is 44.5 Å². The van der Waals surface area contributed by atoms with Crippen molar-refractivity contribution in [2.75, 3.05) is 6.61 Å². The Morgan fingerprint density at radius 2 is 2.21 bits per heavy atom. The number of ether oxygens (including phenoxy) is 2. The summed E-state index contributed by atoms with van der Waals surface area (Å²) in [6.45, 7) is 0.942. The quantitative estimate of drug-likeness (QED) is 0.886. The van der Waals surface area contributed by atoms with Gasteiger partial charge in [-0.15, -0.1) is 0 Å². The smallest absolute Gasteiger partial charge is 0.123 e. The van der Waals surface area contributed by atoms with Gasteiger partial charge >= 0.3 is 0 Å². The van der Waals surface area contributed by atoms with E-state index in [1.165, 1.54) is 18.4 Å². The van der Waals surface area contributed by atoms with Crippen LogP contribution in [0.3, 0.4) is 0 Å². The minimum atomic E-state index is 0.133. The average Bonchev–Trinajstić information content (AvgIpc) is 3.07. The summed E-state index contributed by atoms with van der Waals surface area (Å²) in [7, 11) is 0. The SMILES string of the molecule is NC(CCCC1CCCO1)C1Cc2ccccc2O1. The molecule has 0 spiro atoms. The van der Waals surface area contributed by atoms with E-state index in [-0.39, 0.29) is 12.1 Å². The van der Waals surface area contributed by atoms with Crippen LogP contribution in [0.5, 0.6) is 5.75 Å². The zero-order valence-electron chi connectivity index (χ0n) is 11.4. The van der Waals surface area contributed by atoms with E-state index in [9.17, 15) is 0 Å². The Labute approximate surface area is 115 Å². The summed E-state index contributed by atoms with van der Waals surface area (Å²) in [5.74, 6) is 1.02. The molecule has 1 saturated heterocycles. The van der Waals surface area contributed by atoms with Gasteiger partial charge < -0.3 is 15.2 Å². The number of rotatable bonds is 5. The molecule has 104 valence electrons. The molecule has 1 aromatic rings. The van der Waals surface area contributed by atoms with Gasteiger partial charge in [0.1, 0.15) is 11.9 Å². The number of fused-ring (bicyclic) bond motifs is 1. The lowest BCUT2D eigenvalue weighted by atomic mass is 9.99. The number of nitrogens with two attached hydrogens (primary N) is 1. The molecule has 2 aliphatic heterocycles. The molecule has 19 heavy (non-hydrogen) atoms. The van der Waals surface area contributed by atoms with E-state index in [4.69, 9.17) is 15.2 Å². The molecule has 3 heteroatoms. The lowest BCUT2D eigenvalue weighted by Gasteiger charge is -2.19. The molecule has 3 atom stereocenters. The molecule has 0 saturated carbocycles. The highest BCUT2D eigenvalue weighted by Gasteiger charge is 2.27. The third kappa shape index (κ3) is 3.10. The van der Waals surface area contributed by atoms with Crippen molar-refractivity contribution < 1.29 is 9.47 Å². The second-order valence-corrected chi connectivity index (χ2v) is 5.70. The Hall–Kier alpha value is -1.06. The Bertz CT molecular complexity index is 390. The van der Waals surface area contributed by atoms with E-state index >= 15 is 0 Å². The number of hydrogen-bond acceptors (Lipinski definition) is 3. The molecule has 2 N–H and O–H groups in total. The van der Waals surface area contributed by atoms with Crippen LogP contribution in [0.15, 0.2) is 24.3 Å². The van der Waals surface area contributed by atoms with Gasteiger partial charge in [-0.25, -0.2) is 0 Å².